The third kappa shape index (κ3) is 5.20. The topological polar surface area (TPSA) is 64.3 Å². The molecule has 0 radical (unpaired) electrons. The maximum absolute atomic E-state index is 11.9. The molecule has 0 saturated heterocycles. The maximum atomic E-state index is 11.9. The van der Waals surface area contributed by atoms with Crippen molar-refractivity contribution in [2.75, 3.05) is 19.4 Å². The molecule has 0 heterocycles. The third-order valence-electron chi connectivity index (χ3n) is 2.99. The molecular weight excluding hydrogens is 240 g/mol. The minimum Gasteiger partial charge on any atom is -0.495 e. The smallest absolute Gasteiger partial charge is 0.251 e. The van der Waals surface area contributed by atoms with Gasteiger partial charge in [0, 0.05) is 12.1 Å². The highest BCUT2D eigenvalue weighted by atomic mass is 16.5. The maximum Gasteiger partial charge on any atom is 0.251 e. The lowest BCUT2D eigenvalue weighted by Crippen LogP contribution is -2.24. The Balaban J connectivity index is 2.39. The molecule has 4 nitrogen and oxygen atoms in total. The Hall–Kier alpha value is -1.71. The number of anilines is 1. The van der Waals surface area contributed by atoms with Crippen molar-refractivity contribution in [1.29, 1.82) is 0 Å². The van der Waals surface area contributed by atoms with E-state index >= 15 is 0 Å². The summed E-state index contributed by atoms with van der Waals surface area (Å²) in [7, 11) is 1.56. The predicted molar refractivity (Wildman–Crippen MR) is 78.4 cm³/mol. The summed E-state index contributed by atoms with van der Waals surface area (Å²) in [6.45, 7) is 5.12. The fourth-order valence-corrected chi connectivity index (χ4v) is 1.86. The summed E-state index contributed by atoms with van der Waals surface area (Å²) in [4.78, 5) is 11.9. The molecule has 1 aromatic carbocycles. The Morgan fingerprint density at radius 1 is 1.37 bits per heavy atom. The molecule has 1 rings (SSSR count). The lowest BCUT2D eigenvalue weighted by atomic mass is 10.1. The molecule has 4 heteroatoms. The number of amides is 1. The molecule has 1 aromatic rings. The van der Waals surface area contributed by atoms with Gasteiger partial charge in [0.15, 0.2) is 0 Å². The zero-order chi connectivity index (χ0) is 14.3. The van der Waals surface area contributed by atoms with Gasteiger partial charge in [0.1, 0.15) is 5.75 Å². The van der Waals surface area contributed by atoms with Crippen LogP contribution in [0.3, 0.4) is 0 Å². The fourth-order valence-electron chi connectivity index (χ4n) is 1.86. The number of carbonyl (C=O) groups is 1. The van der Waals surface area contributed by atoms with Crippen LogP contribution < -0.4 is 15.8 Å². The number of nitrogens with one attached hydrogen (secondary N) is 1. The minimum atomic E-state index is -0.0844. The van der Waals surface area contributed by atoms with Gasteiger partial charge in [-0.25, -0.2) is 0 Å². The summed E-state index contributed by atoms with van der Waals surface area (Å²) in [6, 6.07) is 5.07. The first-order chi connectivity index (χ1) is 9.04. The molecule has 106 valence electrons. The van der Waals surface area contributed by atoms with Crippen LogP contribution in [-0.4, -0.2) is 19.6 Å². The van der Waals surface area contributed by atoms with Crippen LogP contribution in [0, 0.1) is 5.92 Å². The van der Waals surface area contributed by atoms with Crippen molar-refractivity contribution in [2.24, 2.45) is 5.92 Å². The average molecular weight is 264 g/mol. The van der Waals surface area contributed by atoms with Gasteiger partial charge < -0.3 is 15.8 Å². The van der Waals surface area contributed by atoms with E-state index in [0.717, 1.165) is 18.8 Å². The van der Waals surface area contributed by atoms with Gasteiger partial charge in [-0.05, 0) is 30.5 Å². The summed E-state index contributed by atoms with van der Waals surface area (Å²) in [5.74, 6) is 1.23. The SMILES string of the molecule is COc1ccc(C(=O)NCCCCC(C)C)cc1N. The molecule has 0 saturated carbocycles. The lowest BCUT2D eigenvalue weighted by Gasteiger charge is -2.09. The lowest BCUT2D eigenvalue weighted by molar-refractivity contribution is 0.0953. The van der Waals surface area contributed by atoms with Crippen LogP contribution in [0.2, 0.25) is 0 Å². The quantitative estimate of drug-likeness (QED) is 0.588. The molecule has 0 spiro atoms. The van der Waals surface area contributed by atoms with E-state index in [4.69, 9.17) is 10.5 Å². The zero-order valence-electron chi connectivity index (χ0n) is 12.0. The second kappa shape index (κ2) is 7.67. The van der Waals surface area contributed by atoms with Gasteiger partial charge in [0.05, 0.1) is 12.8 Å². The number of carbonyl (C=O) groups excluding carboxylic acids is 1. The molecule has 0 aliphatic heterocycles. The van der Waals surface area contributed by atoms with E-state index in [1.807, 2.05) is 0 Å². The second-order valence-corrected chi connectivity index (χ2v) is 5.10. The predicted octanol–water partition coefficient (Wildman–Crippen LogP) is 2.83. The first-order valence-corrected chi connectivity index (χ1v) is 6.76. The number of hydrogen-bond acceptors (Lipinski definition) is 3. The van der Waals surface area contributed by atoms with Crippen LogP contribution in [0.5, 0.6) is 5.75 Å². The standard InChI is InChI=1S/C15H24N2O2/c1-11(2)6-4-5-9-17-15(18)12-7-8-14(19-3)13(16)10-12/h7-8,10-11H,4-6,9,16H2,1-3H3,(H,17,18). The summed E-state index contributed by atoms with van der Waals surface area (Å²) in [5.41, 5.74) is 6.83. The van der Waals surface area contributed by atoms with Gasteiger partial charge in [-0.1, -0.05) is 26.7 Å². The Labute approximate surface area is 115 Å². The highest BCUT2D eigenvalue weighted by Crippen LogP contribution is 2.21. The third-order valence-corrected chi connectivity index (χ3v) is 2.99. The fraction of sp³-hybridized carbons (Fsp3) is 0.533. The van der Waals surface area contributed by atoms with E-state index in [9.17, 15) is 4.79 Å². The van der Waals surface area contributed by atoms with Crippen LogP contribution in [0.25, 0.3) is 0 Å². The first-order valence-electron chi connectivity index (χ1n) is 6.76. The molecule has 19 heavy (non-hydrogen) atoms. The summed E-state index contributed by atoms with van der Waals surface area (Å²) < 4.78 is 5.06. The number of methoxy groups -OCH3 is 1. The van der Waals surface area contributed by atoms with Crippen molar-refractivity contribution in [3.8, 4) is 5.75 Å². The van der Waals surface area contributed by atoms with E-state index in [2.05, 4.69) is 19.2 Å². The van der Waals surface area contributed by atoms with Crippen LogP contribution in [0.4, 0.5) is 5.69 Å². The molecule has 0 atom stereocenters. The van der Waals surface area contributed by atoms with Gasteiger partial charge in [-0.2, -0.15) is 0 Å². The van der Waals surface area contributed by atoms with Crippen molar-refractivity contribution in [3.05, 3.63) is 23.8 Å². The summed E-state index contributed by atoms with van der Waals surface area (Å²) >= 11 is 0. The van der Waals surface area contributed by atoms with Gasteiger partial charge in [-0.15, -0.1) is 0 Å². The normalized spacial score (nSPS) is 10.5. The van der Waals surface area contributed by atoms with Gasteiger partial charge in [0.2, 0.25) is 0 Å². The molecule has 1 amide bonds. The minimum absolute atomic E-state index is 0.0844. The van der Waals surface area contributed by atoms with Crippen molar-refractivity contribution >= 4 is 11.6 Å². The highest BCUT2D eigenvalue weighted by Gasteiger charge is 2.07. The van der Waals surface area contributed by atoms with E-state index in [-0.39, 0.29) is 5.91 Å². The number of nitrogens with two attached hydrogens (primary N) is 1. The van der Waals surface area contributed by atoms with Crippen LogP contribution >= 0.6 is 0 Å². The molecule has 3 N–H and O–H groups in total. The van der Waals surface area contributed by atoms with Crippen LogP contribution in [0.15, 0.2) is 18.2 Å². The number of benzene rings is 1. The Morgan fingerprint density at radius 3 is 2.68 bits per heavy atom. The number of nitrogen functional groups attached to an aromatic ring is 1. The number of rotatable bonds is 7. The molecule has 0 aliphatic carbocycles. The Morgan fingerprint density at radius 2 is 2.11 bits per heavy atom. The van der Waals surface area contributed by atoms with Crippen molar-refractivity contribution < 1.29 is 9.53 Å². The monoisotopic (exact) mass is 264 g/mol. The van der Waals surface area contributed by atoms with E-state index < -0.39 is 0 Å². The summed E-state index contributed by atoms with van der Waals surface area (Å²) in [6.07, 6.45) is 3.35. The number of ether oxygens (including phenoxy) is 1. The Kier molecular flexibility index (Phi) is 6.19. The summed E-state index contributed by atoms with van der Waals surface area (Å²) in [5, 5.41) is 2.90. The van der Waals surface area contributed by atoms with Crippen LogP contribution in [-0.2, 0) is 0 Å². The van der Waals surface area contributed by atoms with Crippen molar-refractivity contribution in [2.45, 2.75) is 33.1 Å². The number of unbranched alkanes of at least 4 members (excludes halogenated alkanes) is 1. The van der Waals surface area contributed by atoms with Gasteiger partial charge in [-0.3, -0.25) is 4.79 Å². The second-order valence-electron chi connectivity index (χ2n) is 5.10. The first kappa shape index (κ1) is 15.3. The molecule has 0 aliphatic rings. The van der Waals surface area contributed by atoms with E-state index in [1.165, 1.54) is 6.42 Å². The number of hydrogen-bond donors (Lipinski definition) is 2. The van der Waals surface area contributed by atoms with E-state index in [0.29, 0.717) is 23.5 Å². The molecule has 0 unspecified atom stereocenters. The molecule has 0 bridgehead atoms. The zero-order valence-corrected chi connectivity index (χ0v) is 12.0. The largest absolute Gasteiger partial charge is 0.495 e. The molecule has 0 aromatic heterocycles. The molecular formula is C15H24N2O2. The van der Waals surface area contributed by atoms with Crippen LogP contribution in [0.1, 0.15) is 43.5 Å². The van der Waals surface area contributed by atoms with Crippen molar-refractivity contribution in [1.82, 2.24) is 5.32 Å². The van der Waals surface area contributed by atoms with Gasteiger partial charge >= 0.3 is 0 Å². The molecule has 0 fully saturated rings. The van der Waals surface area contributed by atoms with Gasteiger partial charge in [0.25, 0.3) is 5.91 Å². The van der Waals surface area contributed by atoms with Crippen molar-refractivity contribution in [3.63, 3.8) is 0 Å². The highest BCUT2D eigenvalue weighted by molar-refractivity contribution is 5.95. The average Bonchev–Trinajstić information content (AvgIpc) is 2.37. The Bertz CT molecular complexity index is 417. The van der Waals surface area contributed by atoms with E-state index in [1.54, 1.807) is 25.3 Å².